The fourth-order valence-electron chi connectivity index (χ4n) is 0.326. The molecule has 10 heavy (non-hydrogen) atoms. The topological polar surface area (TPSA) is 78.2 Å². The highest BCUT2D eigenvalue weighted by molar-refractivity contribution is 7.77. The van der Waals surface area contributed by atoms with Crippen LogP contribution >= 0.6 is 0 Å². The number of hydrogen-bond donors (Lipinski definition) is 2. The Morgan fingerprint density at radius 1 is 1.70 bits per heavy atom. The van der Waals surface area contributed by atoms with Gasteiger partial charge in [-0.3, -0.25) is 4.21 Å². The first kappa shape index (κ1) is 10.0. The van der Waals surface area contributed by atoms with Gasteiger partial charge in [0.2, 0.25) is 0 Å². The van der Waals surface area contributed by atoms with Gasteiger partial charge in [0.15, 0.2) is 0 Å². The molecule has 0 aliphatic rings. The van der Waals surface area contributed by atoms with Crippen LogP contribution in [0.1, 0.15) is 13.8 Å². The van der Waals surface area contributed by atoms with Crippen LogP contribution in [0.4, 0.5) is 0 Å². The van der Waals surface area contributed by atoms with Crippen LogP contribution < -0.4 is 10.5 Å². The van der Waals surface area contributed by atoms with Gasteiger partial charge in [-0.2, -0.15) is 0 Å². The molecule has 0 saturated heterocycles. The van der Waals surface area contributed by atoms with E-state index in [-0.39, 0.29) is 5.41 Å². The zero-order valence-corrected chi connectivity index (χ0v) is 7.03. The van der Waals surface area contributed by atoms with Crippen molar-refractivity contribution in [1.82, 2.24) is 4.72 Å². The highest BCUT2D eigenvalue weighted by atomic mass is 32.2. The van der Waals surface area contributed by atoms with E-state index in [1.165, 1.54) is 0 Å². The van der Waals surface area contributed by atoms with Gasteiger partial charge in [0.1, 0.15) is 0 Å². The van der Waals surface area contributed by atoms with Crippen LogP contribution in [0.3, 0.4) is 0 Å². The zero-order valence-electron chi connectivity index (χ0n) is 6.22. The summed E-state index contributed by atoms with van der Waals surface area (Å²) in [6, 6.07) is 0. The second-order valence-electron chi connectivity index (χ2n) is 2.92. The normalized spacial score (nSPS) is 15.2. The molecule has 0 bridgehead atoms. The maximum atomic E-state index is 10.0. The van der Waals surface area contributed by atoms with E-state index < -0.39 is 11.3 Å². The Morgan fingerprint density at radius 3 is 2.50 bits per heavy atom. The Balaban J connectivity index is 3.56. The molecule has 0 aromatic rings. The van der Waals surface area contributed by atoms with Gasteiger partial charge in [0.05, 0.1) is 0 Å². The Kier molecular flexibility index (Phi) is 4.04. The van der Waals surface area contributed by atoms with E-state index in [0.29, 0.717) is 13.1 Å². The van der Waals surface area contributed by atoms with E-state index in [2.05, 4.69) is 4.72 Å². The van der Waals surface area contributed by atoms with Crippen LogP contribution in [-0.2, 0) is 11.3 Å². The van der Waals surface area contributed by atoms with Crippen molar-refractivity contribution in [2.75, 3.05) is 13.1 Å². The highest BCUT2D eigenvalue weighted by Gasteiger charge is 2.14. The third-order valence-corrected chi connectivity index (χ3v) is 1.60. The van der Waals surface area contributed by atoms with Crippen molar-refractivity contribution in [1.29, 1.82) is 0 Å². The maximum absolute atomic E-state index is 10.0. The largest absolute Gasteiger partial charge is 0.760 e. The molecule has 0 saturated carbocycles. The summed E-state index contributed by atoms with van der Waals surface area (Å²) in [7, 11) is 0. The predicted molar refractivity (Wildman–Crippen MR) is 39.8 cm³/mol. The lowest BCUT2D eigenvalue weighted by molar-refractivity contribution is 0.373. The Hall–Kier alpha value is 0.0300. The molecule has 0 amide bonds. The van der Waals surface area contributed by atoms with E-state index in [1.807, 2.05) is 13.8 Å². The van der Waals surface area contributed by atoms with Crippen LogP contribution in [0.2, 0.25) is 0 Å². The van der Waals surface area contributed by atoms with Crippen LogP contribution in [0.15, 0.2) is 0 Å². The minimum absolute atomic E-state index is 0.153. The van der Waals surface area contributed by atoms with Gasteiger partial charge in [-0.15, -0.1) is 0 Å². The number of nitrogens with one attached hydrogen (secondary N) is 1. The van der Waals surface area contributed by atoms with E-state index in [4.69, 9.17) is 5.73 Å². The standard InChI is InChI=1S/C5H14N2O2S/c1-5(2,3-6)4-7-10(8)9/h7H,3-4,6H2,1-2H3,(H,8,9)/p-1. The summed E-state index contributed by atoms with van der Waals surface area (Å²) in [6.07, 6.45) is 0. The van der Waals surface area contributed by atoms with Gasteiger partial charge in [-0.25, -0.2) is 4.72 Å². The van der Waals surface area contributed by atoms with Crippen molar-refractivity contribution >= 4 is 11.3 Å². The van der Waals surface area contributed by atoms with E-state index in [1.54, 1.807) is 0 Å². The second-order valence-corrected chi connectivity index (χ2v) is 3.68. The van der Waals surface area contributed by atoms with Crippen LogP contribution in [0.25, 0.3) is 0 Å². The zero-order chi connectivity index (χ0) is 8.20. The van der Waals surface area contributed by atoms with Gasteiger partial charge in [0, 0.05) is 17.8 Å². The van der Waals surface area contributed by atoms with Crippen molar-refractivity contribution < 1.29 is 8.76 Å². The van der Waals surface area contributed by atoms with Crippen LogP contribution in [0.5, 0.6) is 0 Å². The fourth-order valence-corrected chi connectivity index (χ4v) is 0.835. The average molecular weight is 165 g/mol. The third kappa shape index (κ3) is 4.87. The molecular formula is C5H13N2O2S-. The van der Waals surface area contributed by atoms with E-state index >= 15 is 0 Å². The lowest BCUT2D eigenvalue weighted by Crippen LogP contribution is -2.36. The molecule has 0 aromatic carbocycles. The monoisotopic (exact) mass is 165 g/mol. The van der Waals surface area contributed by atoms with Crippen molar-refractivity contribution in [3.05, 3.63) is 0 Å². The molecule has 0 aromatic heterocycles. The molecule has 0 spiro atoms. The summed E-state index contributed by atoms with van der Waals surface area (Å²) in [5.41, 5.74) is 5.20. The summed E-state index contributed by atoms with van der Waals surface area (Å²) >= 11 is -2.17. The SMILES string of the molecule is CC(C)(CN)CNS(=O)[O-]. The molecule has 4 nitrogen and oxygen atoms in total. The Labute approximate surface area is 63.6 Å². The maximum Gasteiger partial charge on any atom is 0.0181 e. The molecule has 1 unspecified atom stereocenters. The average Bonchev–Trinajstić information content (AvgIpc) is 1.85. The van der Waals surface area contributed by atoms with Crippen molar-refractivity contribution in [3.8, 4) is 0 Å². The molecule has 0 heterocycles. The summed E-state index contributed by atoms with van der Waals surface area (Å²) in [5.74, 6) is 0. The molecular weight excluding hydrogens is 152 g/mol. The first-order valence-electron chi connectivity index (χ1n) is 3.01. The first-order chi connectivity index (χ1) is 4.48. The van der Waals surface area contributed by atoms with Crippen molar-refractivity contribution in [2.24, 2.45) is 11.1 Å². The van der Waals surface area contributed by atoms with Crippen molar-refractivity contribution in [2.45, 2.75) is 13.8 Å². The summed E-state index contributed by atoms with van der Waals surface area (Å²) in [5, 5.41) is 0. The summed E-state index contributed by atoms with van der Waals surface area (Å²) < 4.78 is 22.3. The lowest BCUT2D eigenvalue weighted by Gasteiger charge is -2.23. The number of nitrogens with two attached hydrogens (primary N) is 1. The van der Waals surface area contributed by atoms with Gasteiger partial charge >= 0.3 is 0 Å². The molecule has 0 aliphatic carbocycles. The van der Waals surface area contributed by atoms with E-state index in [9.17, 15) is 8.76 Å². The summed E-state index contributed by atoms with van der Waals surface area (Å²) in [6.45, 7) is 4.65. The molecule has 0 aliphatic heterocycles. The molecule has 3 N–H and O–H groups in total. The summed E-state index contributed by atoms with van der Waals surface area (Å²) in [4.78, 5) is 0. The lowest BCUT2D eigenvalue weighted by atomic mass is 9.95. The molecule has 62 valence electrons. The smallest absolute Gasteiger partial charge is 0.0181 e. The third-order valence-electron chi connectivity index (χ3n) is 1.22. The minimum Gasteiger partial charge on any atom is -0.760 e. The molecule has 0 radical (unpaired) electrons. The molecule has 1 atom stereocenters. The number of hydrogen-bond acceptors (Lipinski definition) is 3. The molecule has 0 rings (SSSR count). The number of rotatable bonds is 4. The van der Waals surface area contributed by atoms with Gasteiger partial charge in [-0.05, 0) is 12.0 Å². The minimum atomic E-state index is -2.17. The van der Waals surface area contributed by atoms with Crippen LogP contribution in [0, 0.1) is 5.41 Å². The van der Waals surface area contributed by atoms with E-state index in [0.717, 1.165) is 0 Å². The van der Waals surface area contributed by atoms with Gasteiger partial charge in [0.25, 0.3) is 0 Å². The first-order valence-corrected chi connectivity index (χ1v) is 4.08. The molecule has 5 heteroatoms. The van der Waals surface area contributed by atoms with Crippen LogP contribution in [-0.4, -0.2) is 21.9 Å². The van der Waals surface area contributed by atoms with Gasteiger partial charge in [-0.1, -0.05) is 13.8 Å². The molecule has 0 fully saturated rings. The fraction of sp³-hybridized carbons (Fsp3) is 1.00. The Morgan fingerprint density at radius 2 is 2.20 bits per heavy atom. The second kappa shape index (κ2) is 4.02. The highest BCUT2D eigenvalue weighted by Crippen LogP contribution is 2.09. The van der Waals surface area contributed by atoms with Gasteiger partial charge < -0.3 is 10.3 Å². The van der Waals surface area contributed by atoms with Crippen molar-refractivity contribution in [3.63, 3.8) is 0 Å². The predicted octanol–water partition coefficient (Wildman–Crippen LogP) is -0.645. The Bertz CT molecular complexity index is 127. The quantitative estimate of drug-likeness (QED) is 0.544.